The number of hydrogen-bond acceptors (Lipinski definition) is 2. The first-order valence-electron chi connectivity index (χ1n) is 20.2. The first-order chi connectivity index (χ1) is 29.3. The molecular weight excluding hydrogens is 719 g/mol. The Hall–Kier alpha value is -7.76. The molecule has 0 N–H and O–H groups in total. The molecule has 2 aromatic heterocycles. The monoisotopic (exact) mass is 752 g/mol. The fourth-order valence-corrected chi connectivity index (χ4v) is 9.90. The van der Waals surface area contributed by atoms with E-state index in [0.29, 0.717) is 0 Å². The van der Waals surface area contributed by atoms with E-state index in [1.165, 1.54) is 43.6 Å². The zero-order valence-electron chi connectivity index (χ0n) is 31.8. The van der Waals surface area contributed by atoms with Crippen molar-refractivity contribution in [2.24, 2.45) is 0 Å². The van der Waals surface area contributed by atoms with Crippen LogP contribution in [0.2, 0.25) is 0 Å². The van der Waals surface area contributed by atoms with Gasteiger partial charge in [0.1, 0.15) is 23.0 Å². The Morgan fingerprint density at radius 1 is 0.339 bits per heavy atom. The molecule has 11 aromatic rings. The molecule has 0 amide bonds. The van der Waals surface area contributed by atoms with Crippen molar-refractivity contribution in [3.05, 3.63) is 200 Å². The molecule has 4 nitrogen and oxygen atoms in total. The molecule has 5 heteroatoms. The Morgan fingerprint density at radius 2 is 0.695 bits per heavy atom. The summed E-state index contributed by atoms with van der Waals surface area (Å²) in [5.74, 6) is 3.36. The Morgan fingerprint density at radius 3 is 1.08 bits per heavy atom. The highest BCUT2D eigenvalue weighted by atomic mass is 16.5. The molecule has 0 aliphatic carbocycles. The third-order valence-electron chi connectivity index (χ3n) is 12.4. The average Bonchev–Trinajstić information content (AvgIpc) is 3.82. The highest BCUT2D eigenvalue weighted by molar-refractivity contribution is 6.98. The van der Waals surface area contributed by atoms with Crippen LogP contribution in [-0.2, 0) is 0 Å². The van der Waals surface area contributed by atoms with Gasteiger partial charge in [0.05, 0.1) is 22.1 Å². The van der Waals surface area contributed by atoms with Crippen LogP contribution in [0.5, 0.6) is 23.0 Å². The van der Waals surface area contributed by atoms with E-state index in [9.17, 15) is 0 Å². The molecule has 0 bridgehead atoms. The molecule has 59 heavy (non-hydrogen) atoms. The number of fused-ring (bicyclic) bond motifs is 10. The van der Waals surface area contributed by atoms with Crippen molar-refractivity contribution >= 4 is 66.7 Å². The lowest BCUT2D eigenvalue weighted by Gasteiger charge is -2.36. The molecule has 9 aromatic carbocycles. The van der Waals surface area contributed by atoms with Crippen LogP contribution in [0.15, 0.2) is 200 Å². The smallest absolute Gasteiger partial charge is 0.260 e. The first kappa shape index (κ1) is 32.3. The van der Waals surface area contributed by atoms with Crippen molar-refractivity contribution in [3.63, 3.8) is 0 Å². The van der Waals surface area contributed by atoms with Crippen LogP contribution in [0.25, 0.3) is 77.2 Å². The molecule has 0 saturated carbocycles. The molecule has 274 valence electrons. The van der Waals surface area contributed by atoms with Gasteiger partial charge in [-0.2, -0.15) is 0 Å². The standard InChI is InChI=1S/C54H33BN2O2/c1-3-15-34(16-4-1)42-33-43(35-17-5-2-6-18-35)54-52-53(42)58-50-29-27-36(56-46-23-11-7-19-38(46)39-20-8-12-24-47(39)56)31-44(50)55(52)45-32-37(28-30-51(45)59-54)57-48-25-13-9-21-40(48)41-22-10-14-26-49(41)57/h1-33H. The SMILES string of the molecule is c1ccc(-c2cc(-c3ccccc3)c3c4c2Oc2ccc(-n5c6ccccc6c6ccccc65)cc2B4c2cc(-n4c5ccccc5c5ccccc54)ccc2O3)cc1. The number of ether oxygens (including phenoxy) is 2. The van der Waals surface area contributed by atoms with Gasteiger partial charge < -0.3 is 18.6 Å². The van der Waals surface area contributed by atoms with Crippen molar-refractivity contribution in [3.8, 4) is 56.6 Å². The summed E-state index contributed by atoms with van der Waals surface area (Å²) < 4.78 is 19.2. The average molecular weight is 753 g/mol. The van der Waals surface area contributed by atoms with Gasteiger partial charge in [0.2, 0.25) is 0 Å². The second kappa shape index (κ2) is 12.4. The van der Waals surface area contributed by atoms with Crippen molar-refractivity contribution in [1.82, 2.24) is 9.13 Å². The van der Waals surface area contributed by atoms with Gasteiger partial charge in [0, 0.05) is 49.5 Å². The summed E-state index contributed by atoms with van der Waals surface area (Å²) in [4.78, 5) is 0. The number of nitrogens with zero attached hydrogens (tertiary/aromatic N) is 2. The molecule has 0 radical (unpaired) electrons. The van der Waals surface area contributed by atoms with Gasteiger partial charge in [-0.05, 0) is 88.8 Å². The van der Waals surface area contributed by atoms with E-state index in [4.69, 9.17) is 9.47 Å². The number of hydrogen-bond donors (Lipinski definition) is 0. The molecule has 2 aliphatic rings. The number of rotatable bonds is 4. The predicted octanol–water partition coefficient (Wildman–Crippen LogP) is 11.9. The summed E-state index contributed by atoms with van der Waals surface area (Å²) in [7, 11) is 0. The van der Waals surface area contributed by atoms with Gasteiger partial charge >= 0.3 is 0 Å². The molecule has 0 fully saturated rings. The minimum Gasteiger partial charge on any atom is -0.458 e. The second-order valence-electron chi connectivity index (χ2n) is 15.6. The van der Waals surface area contributed by atoms with Gasteiger partial charge in [-0.15, -0.1) is 0 Å². The summed E-state index contributed by atoms with van der Waals surface area (Å²) in [5, 5.41) is 4.93. The Bertz CT molecular complexity index is 3180. The number of benzene rings is 9. The Labute approximate surface area is 340 Å². The maximum atomic E-state index is 7.19. The maximum absolute atomic E-state index is 7.19. The zero-order chi connectivity index (χ0) is 38.6. The number of aromatic nitrogens is 2. The molecule has 4 heterocycles. The molecule has 2 aliphatic heterocycles. The zero-order valence-corrected chi connectivity index (χ0v) is 31.8. The van der Waals surface area contributed by atoms with Crippen molar-refractivity contribution in [1.29, 1.82) is 0 Å². The van der Waals surface area contributed by atoms with Crippen molar-refractivity contribution < 1.29 is 9.47 Å². The normalized spacial score (nSPS) is 12.6. The van der Waals surface area contributed by atoms with E-state index >= 15 is 0 Å². The van der Waals surface area contributed by atoms with Gasteiger partial charge in [0.25, 0.3) is 6.71 Å². The second-order valence-corrected chi connectivity index (χ2v) is 15.6. The van der Waals surface area contributed by atoms with E-state index in [1.807, 2.05) is 0 Å². The van der Waals surface area contributed by atoms with Crippen LogP contribution >= 0.6 is 0 Å². The van der Waals surface area contributed by atoms with Crippen molar-refractivity contribution in [2.45, 2.75) is 0 Å². The third-order valence-corrected chi connectivity index (χ3v) is 12.4. The lowest BCUT2D eigenvalue weighted by Crippen LogP contribution is -2.57. The van der Waals surface area contributed by atoms with E-state index in [1.54, 1.807) is 0 Å². The molecular formula is C54H33BN2O2. The fraction of sp³-hybridized carbons (Fsp3) is 0. The topological polar surface area (TPSA) is 28.3 Å². The van der Waals surface area contributed by atoms with E-state index in [2.05, 4.69) is 209 Å². The van der Waals surface area contributed by atoms with E-state index in [0.717, 1.165) is 73.0 Å². The Kier molecular flexibility index (Phi) is 6.78. The van der Waals surface area contributed by atoms with Crippen LogP contribution in [0.3, 0.4) is 0 Å². The maximum Gasteiger partial charge on any atom is 0.260 e. The van der Waals surface area contributed by atoms with Gasteiger partial charge in [-0.3, -0.25) is 0 Å². The van der Waals surface area contributed by atoms with Crippen LogP contribution in [0.4, 0.5) is 0 Å². The summed E-state index contributed by atoms with van der Waals surface area (Å²) in [6.45, 7) is -0.195. The summed E-state index contributed by atoms with van der Waals surface area (Å²) in [6.07, 6.45) is 0. The quantitative estimate of drug-likeness (QED) is 0.168. The lowest BCUT2D eigenvalue weighted by molar-refractivity contribution is 0.466. The first-order valence-corrected chi connectivity index (χ1v) is 20.2. The van der Waals surface area contributed by atoms with Crippen molar-refractivity contribution in [2.75, 3.05) is 0 Å². The van der Waals surface area contributed by atoms with Gasteiger partial charge in [-0.25, -0.2) is 0 Å². The molecule has 0 spiro atoms. The largest absolute Gasteiger partial charge is 0.458 e. The van der Waals surface area contributed by atoms with Gasteiger partial charge in [0.15, 0.2) is 0 Å². The molecule has 0 saturated heterocycles. The molecule has 13 rings (SSSR count). The van der Waals surface area contributed by atoms with Gasteiger partial charge in [-0.1, -0.05) is 133 Å². The van der Waals surface area contributed by atoms with Crippen LogP contribution in [0.1, 0.15) is 0 Å². The van der Waals surface area contributed by atoms with Crippen LogP contribution in [0, 0.1) is 0 Å². The molecule has 0 unspecified atom stereocenters. The minimum absolute atomic E-state index is 0.195. The summed E-state index contributed by atoms with van der Waals surface area (Å²) >= 11 is 0. The van der Waals surface area contributed by atoms with Crippen LogP contribution in [-0.4, -0.2) is 15.8 Å². The predicted molar refractivity (Wildman–Crippen MR) is 244 cm³/mol. The Balaban J connectivity index is 1.12. The minimum atomic E-state index is -0.195. The fourth-order valence-electron chi connectivity index (χ4n) is 9.90. The third kappa shape index (κ3) is 4.67. The lowest BCUT2D eigenvalue weighted by atomic mass is 9.34. The summed E-state index contributed by atoms with van der Waals surface area (Å²) in [5.41, 5.74) is 14.4. The molecule has 0 atom stereocenters. The summed E-state index contributed by atoms with van der Waals surface area (Å²) in [6, 6.07) is 71.7. The highest BCUT2D eigenvalue weighted by Gasteiger charge is 2.43. The number of para-hydroxylation sites is 4. The van der Waals surface area contributed by atoms with Crippen LogP contribution < -0.4 is 25.9 Å². The van der Waals surface area contributed by atoms with E-state index < -0.39 is 0 Å². The van der Waals surface area contributed by atoms with E-state index in [-0.39, 0.29) is 6.71 Å². The highest BCUT2D eigenvalue weighted by Crippen LogP contribution is 2.47.